The Hall–Kier alpha value is -8.00. The highest BCUT2D eigenvalue weighted by atomic mass is 15.1. The van der Waals surface area contributed by atoms with Gasteiger partial charge in [0.2, 0.25) is 0 Å². The maximum Gasteiger partial charge on any atom is 0.0714 e. The van der Waals surface area contributed by atoms with Gasteiger partial charge in [-0.3, -0.25) is 0 Å². The molecule has 68 heavy (non-hydrogen) atoms. The van der Waals surface area contributed by atoms with Gasteiger partial charge in [-0.15, -0.1) is 0 Å². The summed E-state index contributed by atoms with van der Waals surface area (Å²) in [7, 11) is 0. The monoisotopic (exact) mass is 869 g/mol. The first-order chi connectivity index (χ1) is 33.2. The lowest BCUT2D eigenvalue weighted by Gasteiger charge is -2.35. The first kappa shape index (κ1) is 40.3. The Bertz CT molecular complexity index is 3560. The fourth-order valence-corrected chi connectivity index (χ4v) is 12.6. The van der Waals surface area contributed by atoms with Gasteiger partial charge in [0.25, 0.3) is 0 Å². The van der Waals surface area contributed by atoms with Crippen LogP contribution in [0.1, 0.15) is 72.2 Å². The second-order valence-electron chi connectivity index (χ2n) is 20.0. The first-order valence-corrected chi connectivity index (χ1v) is 24.1. The van der Waals surface area contributed by atoms with E-state index in [1.165, 1.54) is 100 Å². The van der Waals surface area contributed by atoms with Crippen LogP contribution < -0.4 is 4.90 Å². The fourth-order valence-electron chi connectivity index (χ4n) is 12.6. The maximum atomic E-state index is 2.47. The molecule has 324 valence electrons. The molecule has 1 heteroatoms. The summed E-state index contributed by atoms with van der Waals surface area (Å²) in [6.45, 7) is 9.47. The Morgan fingerprint density at radius 2 is 0.691 bits per heavy atom. The highest BCUT2D eigenvalue weighted by Gasteiger charge is 2.46. The molecule has 0 heterocycles. The van der Waals surface area contributed by atoms with E-state index in [-0.39, 0.29) is 10.8 Å². The van der Waals surface area contributed by atoms with E-state index in [2.05, 4.69) is 269 Å². The van der Waals surface area contributed by atoms with Gasteiger partial charge >= 0.3 is 0 Å². The van der Waals surface area contributed by atoms with Crippen LogP contribution in [-0.2, 0) is 16.2 Å². The minimum absolute atomic E-state index is 0.0631. The average Bonchev–Trinajstić information content (AvgIpc) is 3.92. The van der Waals surface area contributed by atoms with Crippen molar-refractivity contribution in [3.63, 3.8) is 0 Å². The van der Waals surface area contributed by atoms with Crippen LogP contribution in [0.5, 0.6) is 0 Å². The van der Waals surface area contributed by atoms with E-state index in [0.29, 0.717) is 0 Å². The molecule has 0 aliphatic heterocycles. The van der Waals surface area contributed by atoms with Crippen molar-refractivity contribution in [1.29, 1.82) is 0 Å². The number of rotatable bonds is 7. The van der Waals surface area contributed by atoms with E-state index in [1.807, 2.05) is 0 Å². The van der Waals surface area contributed by atoms with Crippen molar-refractivity contribution in [3.05, 3.63) is 281 Å². The minimum Gasteiger partial charge on any atom is -0.310 e. The molecule has 3 aliphatic rings. The normalized spacial score (nSPS) is 14.8. The van der Waals surface area contributed by atoms with E-state index in [4.69, 9.17) is 0 Å². The fraction of sp³-hybridized carbons (Fsp3) is 0.104. The van der Waals surface area contributed by atoms with Gasteiger partial charge in [0.1, 0.15) is 0 Å². The molecule has 10 aromatic carbocycles. The molecule has 1 nitrogen and oxygen atoms in total. The highest BCUT2D eigenvalue weighted by Crippen LogP contribution is 2.58. The third-order valence-corrected chi connectivity index (χ3v) is 15.8. The molecule has 0 amide bonds. The number of hydrogen-bond donors (Lipinski definition) is 0. The summed E-state index contributed by atoms with van der Waals surface area (Å²) in [6.07, 6.45) is 0. The highest BCUT2D eigenvalue weighted by molar-refractivity contribution is 5.92. The summed E-state index contributed by atoms with van der Waals surface area (Å²) in [6, 6.07) is 88.6. The Morgan fingerprint density at radius 3 is 1.32 bits per heavy atom. The van der Waals surface area contributed by atoms with Crippen LogP contribution in [0.4, 0.5) is 17.1 Å². The van der Waals surface area contributed by atoms with Crippen molar-refractivity contribution in [2.75, 3.05) is 4.90 Å². The summed E-state index contributed by atoms with van der Waals surface area (Å²) in [4.78, 5) is 2.45. The smallest absolute Gasteiger partial charge is 0.0714 e. The van der Waals surface area contributed by atoms with Crippen LogP contribution in [0, 0.1) is 0 Å². The van der Waals surface area contributed by atoms with Crippen LogP contribution >= 0.6 is 0 Å². The lowest BCUT2D eigenvalue weighted by atomic mass is 9.67. The summed E-state index contributed by atoms with van der Waals surface area (Å²) >= 11 is 0. The topological polar surface area (TPSA) is 3.24 Å². The van der Waals surface area contributed by atoms with E-state index in [9.17, 15) is 0 Å². The second kappa shape index (κ2) is 15.0. The zero-order valence-electron chi connectivity index (χ0n) is 39.0. The molecule has 0 aromatic heterocycles. The van der Waals surface area contributed by atoms with Gasteiger partial charge in [-0.1, -0.05) is 222 Å². The molecule has 13 rings (SSSR count). The molecule has 0 fully saturated rings. The van der Waals surface area contributed by atoms with Crippen LogP contribution in [-0.4, -0.2) is 0 Å². The number of fused-ring (bicyclic) bond motifs is 9. The summed E-state index contributed by atoms with van der Waals surface area (Å²) in [5.41, 5.74) is 26.2. The molecule has 0 spiro atoms. The second-order valence-corrected chi connectivity index (χ2v) is 20.0. The van der Waals surface area contributed by atoms with Gasteiger partial charge < -0.3 is 4.90 Å². The van der Waals surface area contributed by atoms with Gasteiger partial charge in [-0.05, 0) is 143 Å². The number of nitrogens with zero attached hydrogens (tertiary/aromatic N) is 1. The molecule has 0 saturated carbocycles. The minimum atomic E-state index is -0.511. The zero-order valence-corrected chi connectivity index (χ0v) is 39.0. The Morgan fingerprint density at radius 1 is 0.265 bits per heavy atom. The van der Waals surface area contributed by atoms with Gasteiger partial charge in [-0.25, -0.2) is 0 Å². The molecule has 0 N–H and O–H groups in total. The van der Waals surface area contributed by atoms with Crippen molar-refractivity contribution in [3.8, 4) is 55.6 Å². The van der Waals surface area contributed by atoms with Gasteiger partial charge in [0, 0.05) is 27.9 Å². The molecule has 0 bridgehead atoms. The number of benzene rings is 10. The standard InChI is InChI=1S/C67H51N/c1-65(2)59-27-14-11-22-53(59)56-40-34-46(42-62(56)65)44-30-35-49(36-31-44)68(50-37-32-45(33-38-50)52-25-17-26-58-55-24-12-15-28-60(55)66(3,4)64(52)58)51-39-41-57-54-23-13-16-29-61(54)67(63(57)43-51,47-18-7-5-8-19-47)48-20-9-6-10-21-48/h5-43H,1-4H3. The molecule has 0 saturated heterocycles. The molecule has 10 aromatic rings. The van der Waals surface area contributed by atoms with E-state index >= 15 is 0 Å². The largest absolute Gasteiger partial charge is 0.310 e. The van der Waals surface area contributed by atoms with E-state index in [1.54, 1.807) is 0 Å². The first-order valence-electron chi connectivity index (χ1n) is 24.1. The van der Waals surface area contributed by atoms with Crippen LogP contribution in [0.2, 0.25) is 0 Å². The summed E-state index contributed by atoms with van der Waals surface area (Å²) in [5.74, 6) is 0. The Kier molecular flexibility index (Phi) is 8.89. The lowest BCUT2D eigenvalue weighted by Crippen LogP contribution is -2.28. The van der Waals surface area contributed by atoms with Crippen LogP contribution in [0.15, 0.2) is 237 Å². The molecular weight excluding hydrogens is 819 g/mol. The molecule has 3 aliphatic carbocycles. The number of hydrogen-bond acceptors (Lipinski definition) is 1. The lowest BCUT2D eigenvalue weighted by molar-refractivity contribution is 0.660. The maximum absolute atomic E-state index is 2.47. The Balaban J connectivity index is 0.968. The third-order valence-electron chi connectivity index (χ3n) is 15.8. The van der Waals surface area contributed by atoms with Gasteiger partial charge in [0.15, 0.2) is 0 Å². The van der Waals surface area contributed by atoms with Crippen molar-refractivity contribution in [1.82, 2.24) is 0 Å². The molecule has 0 atom stereocenters. The van der Waals surface area contributed by atoms with Crippen molar-refractivity contribution in [2.45, 2.75) is 43.9 Å². The molecule has 0 radical (unpaired) electrons. The van der Waals surface area contributed by atoms with E-state index in [0.717, 1.165) is 17.1 Å². The summed E-state index contributed by atoms with van der Waals surface area (Å²) in [5, 5.41) is 0. The van der Waals surface area contributed by atoms with Gasteiger partial charge in [-0.2, -0.15) is 0 Å². The van der Waals surface area contributed by atoms with Crippen LogP contribution in [0.25, 0.3) is 55.6 Å². The van der Waals surface area contributed by atoms with Crippen molar-refractivity contribution < 1.29 is 0 Å². The zero-order chi connectivity index (χ0) is 45.8. The Labute approximate surface area is 400 Å². The van der Waals surface area contributed by atoms with Crippen LogP contribution in [0.3, 0.4) is 0 Å². The summed E-state index contributed by atoms with van der Waals surface area (Å²) < 4.78 is 0. The van der Waals surface area contributed by atoms with Gasteiger partial charge in [0.05, 0.1) is 5.41 Å². The van der Waals surface area contributed by atoms with Crippen molar-refractivity contribution in [2.24, 2.45) is 0 Å². The third kappa shape index (κ3) is 5.75. The van der Waals surface area contributed by atoms with Crippen molar-refractivity contribution >= 4 is 17.1 Å². The predicted molar refractivity (Wildman–Crippen MR) is 284 cm³/mol. The average molecular weight is 870 g/mol. The quantitative estimate of drug-likeness (QED) is 0.154. The molecular formula is C67H51N. The predicted octanol–water partition coefficient (Wildman–Crippen LogP) is 17.5. The van der Waals surface area contributed by atoms with E-state index < -0.39 is 5.41 Å². The SMILES string of the molecule is CC1(C)c2ccccc2-c2ccc(-c3ccc(N(c4ccc(-c5cccc6c5C(C)(C)c5ccccc5-6)cc4)c4ccc5c(c4)C(c4ccccc4)(c4ccccc4)c4ccccc4-5)cc3)cc21. The molecule has 0 unspecified atom stereocenters. The number of anilines is 3.